The molecule has 0 fully saturated rings. The van der Waals surface area contributed by atoms with E-state index in [-0.39, 0.29) is 12.3 Å². The number of nitrogens with zero attached hydrogens (tertiary/aromatic N) is 1. The van der Waals surface area contributed by atoms with Crippen molar-refractivity contribution >= 4 is 29.2 Å². The number of imide groups is 1. The van der Waals surface area contributed by atoms with Crippen LogP contribution in [0.15, 0.2) is 47.8 Å². The third-order valence-corrected chi connectivity index (χ3v) is 5.04. The van der Waals surface area contributed by atoms with Gasteiger partial charge in [-0.25, -0.2) is 14.5 Å². The molecule has 0 aliphatic rings. The highest BCUT2D eigenvalue weighted by molar-refractivity contribution is 7.12. The smallest absolute Gasteiger partial charge is 0.415 e. The standard InChI is InChI=1S/C20H24N2O4S/c1-2-3-13-22(20(25)26)19(24)21-16(18(23)17-10-7-14-27-17)12-11-15-8-5-4-6-9-15/h4-10,14,16H,2-3,11-13H2,1H3,(H,21,24)(H,25,26)/t16-/m0/s1. The van der Waals surface area contributed by atoms with Gasteiger partial charge in [0.1, 0.15) is 0 Å². The van der Waals surface area contributed by atoms with Gasteiger partial charge in [-0.1, -0.05) is 49.7 Å². The highest BCUT2D eigenvalue weighted by atomic mass is 32.1. The molecule has 144 valence electrons. The minimum Gasteiger partial charge on any atom is -0.465 e. The molecule has 2 rings (SSSR count). The Balaban J connectivity index is 2.11. The van der Waals surface area contributed by atoms with Gasteiger partial charge in [0.05, 0.1) is 10.9 Å². The number of urea groups is 1. The van der Waals surface area contributed by atoms with E-state index in [4.69, 9.17) is 0 Å². The second-order valence-electron chi connectivity index (χ2n) is 6.16. The molecular formula is C20H24N2O4S. The second kappa shape index (κ2) is 10.5. The van der Waals surface area contributed by atoms with Crippen LogP contribution >= 0.6 is 11.3 Å². The number of carbonyl (C=O) groups is 3. The van der Waals surface area contributed by atoms with Crippen molar-refractivity contribution in [2.45, 2.75) is 38.6 Å². The van der Waals surface area contributed by atoms with Crippen molar-refractivity contribution in [3.63, 3.8) is 0 Å². The van der Waals surface area contributed by atoms with Crippen molar-refractivity contribution in [3.8, 4) is 0 Å². The van der Waals surface area contributed by atoms with Crippen molar-refractivity contribution in [3.05, 3.63) is 58.3 Å². The van der Waals surface area contributed by atoms with Crippen LogP contribution in [-0.4, -0.2) is 40.5 Å². The van der Waals surface area contributed by atoms with Crippen LogP contribution < -0.4 is 5.32 Å². The topological polar surface area (TPSA) is 86.7 Å². The molecule has 0 saturated heterocycles. The van der Waals surface area contributed by atoms with Gasteiger partial charge >= 0.3 is 12.1 Å². The number of hydrogen-bond acceptors (Lipinski definition) is 4. The quantitative estimate of drug-likeness (QED) is 0.623. The number of ketones is 1. The average Bonchev–Trinajstić information content (AvgIpc) is 3.20. The molecule has 1 aromatic heterocycles. The van der Waals surface area contributed by atoms with E-state index < -0.39 is 18.2 Å². The van der Waals surface area contributed by atoms with E-state index in [1.165, 1.54) is 11.3 Å². The lowest BCUT2D eigenvalue weighted by molar-refractivity contribution is 0.0935. The molecule has 0 saturated carbocycles. The van der Waals surface area contributed by atoms with Crippen molar-refractivity contribution in [2.24, 2.45) is 0 Å². The second-order valence-corrected chi connectivity index (χ2v) is 7.10. The molecule has 6 nitrogen and oxygen atoms in total. The Labute approximate surface area is 162 Å². The zero-order chi connectivity index (χ0) is 19.6. The van der Waals surface area contributed by atoms with Crippen LogP contribution in [0.25, 0.3) is 0 Å². The van der Waals surface area contributed by atoms with E-state index in [0.29, 0.717) is 24.1 Å². The van der Waals surface area contributed by atoms with Crippen molar-refractivity contribution < 1.29 is 19.5 Å². The van der Waals surface area contributed by atoms with Crippen LogP contribution in [0.5, 0.6) is 0 Å². The molecule has 7 heteroatoms. The van der Waals surface area contributed by atoms with Gasteiger partial charge in [0.2, 0.25) is 0 Å². The van der Waals surface area contributed by atoms with Gasteiger partial charge in [0.15, 0.2) is 5.78 Å². The van der Waals surface area contributed by atoms with Gasteiger partial charge in [-0.3, -0.25) is 4.79 Å². The van der Waals surface area contributed by atoms with Crippen LogP contribution in [0.3, 0.4) is 0 Å². The monoisotopic (exact) mass is 388 g/mol. The minimum atomic E-state index is -1.31. The Bertz CT molecular complexity index is 747. The first-order valence-electron chi connectivity index (χ1n) is 8.95. The zero-order valence-corrected chi connectivity index (χ0v) is 16.1. The molecule has 0 unspecified atom stereocenters. The summed E-state index contributed by atoms with van der Waals surface area (Å²) in [6.45, 7) is 2.02. The maximum atomic E-state index is 12.8. The first-order valence-corrected chi connectivity index (χ1v) is 9.83. The largest absolute Gasteiger partial charge is 0.465 e. The number of amides is 3. The molecular weight excluding hydrogens is 364 g/mol. The fraction of sp³-hybridized carbons (Fsp3) is 0.350. The maximum Gasteiger partial charge on any atom is 0.415 e. The lowest BCUT2D eigenvalue weighted by Gasteiger charge is -2.22. The predicted octanol–water partition coefficient (Wildman–Crippen LogP) is 4.42. The summed E-state index contributed by atoms with van der Waals surface area (Å²) in [5.74, 6) is -0.199. The minimum absolute atomic E-state index is 0.107. The molecule has 1 heterocycles. The summed E-state index contributed by atoms with van der Waals surface area (Å²) in [7, 11) is 0. The Kier molecular flexibility index (Phi) is 8.00. The Morgan fingerprint density at radius 1 is 1.15 bits per heavy atom. The van der Waals surface area contributed by atoms with Crippen LogP contribution in [0, 0.1) is 0 Å². The molecule has 0 bridgehead atoms. The molecule has 27 heavy (non-hydrogen) atoms. The number of benzene rings is 1. The van der Waals surface area contributed by atoms with Crippen LogP contribution in [0.4, 0.5) is 9.59 Å². The summed E-state index contributed by atoms with van der Waals surface area (Å²) in [4.78, 5) is 37.9. The summed E-state index contributed by atoms with van der Waals surface area (Å²) in [5.41, 5.74) is 1.05. The van der Waals surface area contributed by atoms with E-state index in [1.54, 1.807) is 17.5 Å². The molecule has 2 N–H and O–H groups in total. The van der Waals surface area contributed by atoms with Gasteiger partial charge in [-0.2, -0.15) is 0 Å². The zero-order valence-electron chi connectivity index (χ0n) is 15.3. The fourth-order valence-corrected chi connectivity index (χ4v) is 3.36. The summed E-state index contributed by atoms with van der Waals surface area (Å²) >= 11 is 1.31. The number of hydrogen-bond donors (Lipinski definition) is 2. The van der Waals surface area contributed by atoms with Gasteiger partial charge < -0.3 is 10.4 Å². The van der Waals surface area contributed by atoms with E-state index in [1.807, 2.05) is 37.3 Å². The van der Waals surface area contributed by atoms with E-state index in [0.717, 1.165) is 16.9 Å². The van der Waals surface area contributed by atoms with Gasteiger partial charge in [-0.05, 0) is 36.3 Å². The molecule has 0 spiro atoms. The number of Topliss-reactive ketones (excluding diaryl/α,β-unsaturated/α-hetero) is 1. The Hall–Kier alpha value is -2.67. The maximum absolute atomic E-state index is 12.8. The lowest BCUT2D eigenvalue weighted by atomic mass is 10.0. The fourth-order valence-electron chi connectivity index (χ4n) is 2.64. The summed E-state index contributed by atoms with van der Waals surface area (Å²) in [6.07, 6.45) is 1.03. The number of aryl methyl sites for hydroxylation is 1. The van der Waals surface area contributed by atoms with Crippen molar-refractivity contribution in [1.29, 1.82) is 0 Å². The van der Waals surface area contributed by atoms with Gasteiger partial charge in [0, 0.05) is 6.54 Å². The van der Waals surface area contributed by atoms with Gasteiger partial charge in [-0.15, -0.1) is 11.3 Å². The Morgan fingerprint density at radius 3 is 2.48 bits per heavy atom. The number of carbonyl (C=O) groups excluding carboxylic acids is 2. The van der Waals surface area contributed by atoms with Crippen LogP contribution in [-0.2, 0) is 6.42 Å². The van der Waals surface area contributed by atoms with Crippen LogP contribution in [0.1, 0.15) is 41.4 Å². The average molecular weight is 388 g/mol. The normalized spacial score (nSPS) is 11.6. The Morgan fingerprint density at radius 2 is 1.89 bits per heavy atom. The van der Waals surface area contributed by atoms with Crippen LogP contribution in [0.2, 0.25) is 0 Å². The SMILES string of the molecule is CCCCN(C(=O)O)C(=O)N[C@@H](CCc1ccccc1)C(=O)c1cccs1. The molecule has 1 atom stereocenters. The highest BCUT2D eigenvalue weighted by Gasteiger charge is 2.27. The van der Waals surface area contributed by atoms with E-state index in [2.05, 4.69) is 5.32 Å². The highest BCUT2D eigenvalue weighted by Crippen LogP contribution is 2.15. The third kappa shape index (κ3) is 6.21. The lowest BCUT2D eigenvalue weighted by Crippen LogP contribution is -2.50. The molecule has 0 radical (unpaired) electrons. The summed E-state index contributed by atoms with van der Waals surface area (Å²) < 4.78 is 0. The molecule has 1 aromatic carbocycles. The molecule has 2 aromatic rings. The number of thiophene rings is 1. The summed E-state index contributed by atoms with van der Waals surface area (Å²) in [5, 5.41) is 13.7. The van der Waals surface area contributed by atoms with Crippen molar-refractivity contribution in [2.75, 3.05) is 6.54 Å². The number of nitrogens with one attached hydrogen (secondary N) is 1. The first-order chi connectivity index (χ1) is 13.0. The molecule has 0 aliphatic heterocycles. The van der Waals surface area contributed by atoms with Gasteiger partial charge in [0.25, 0.3) is 0 Å². The number of carboxylic acid groups (broad SMARTS) is 1. The number of rotatable bonds is 9. The van der Waals surface area contributed by atoms with Crippen molar-refractivity contribution in [1.82, 2.24) is 10.2 Å². The third-order valence-electron chi connectivity index (χ3n) is 4.15. The van der Waals surface area contributed by atoms with E-state index in [9.17, 15) is 19.5 Å². The summed E-state index contributed by atoms with van der Waals surface area (Å²) in [6, 6.07) is 11.6. The predicted molar refractivity (Wildman–Crippen MR) is 105 cm³/mol. The van der Waals surface area contributed by atoms with E-state index >= 15 is 0 Å². The number of unbranched alkanes of at least 4 members (excludes halogenated alkanes) is 1. The molecule has 3 amide bonds. The molecule has 0 aliphatic carbocycles. The first kappa shape index (κ1) is 20.6.